The normalized spacial score (nSPS) is 12.6. The van der Waals surface area contributed by atoms with Gasteiger partial charge in [0.25, 0.3) is 11.8 Å². The molecule has 2 heterocycles. The molecule has 0 atom stereocenters. The zero-order valence-corrected chi connectivity index (χ0v) is 15.0. The van der Waals surface area contributed by atoms with Gasteiger partial charge in [-0.15, -0.1) is 0 Å². The van der Waals surface area contributed by atoms with Crippen LogP contribution < -0.4 is 10.2 Å². The molecule has 3 aromatic rings. The van der Waals surface area contributed by atoms with E-state index in [1.54, 1.807) is 23.1 Å². The molecule has 5 heteroatoms. The number of hydrogen-bond donors (Lipinski definition) is 1. The van der Waals surface area contributed by atoms with Gasteiger partial charge in [0.2, 0.25) is 0 Å². The minimum Gasteiger partial charge on any atom is -0.321 e. The lowest BCUT2D eigenvalue weighted by molar-refractivity contribution is 0.0984. The molecule has 0 saturated carbocycles. The van der Waals surface area contributed by atoms with Crippen molar-refractivity contribution >= 4 is 23.2 Å². The summed E-state index contributed by atoms with van der Waals surface area (Å²) in [6.45, 7) is 2.61. The van der Waals surface area contributed by atoms with Gasteiger partial charge in [0.15, 0.2) is 0 Å². The van der Waals surface area contributed by atoms with E-state index in [4.69, 9.17) is 0 Å². The number of fused-ring (bicyclic) bond motifs is 1. The number of carbonyl (C=O) groups excluding carboxylic acids is 2. The van der Waals surface area contributed by atoms with Crippen LogP contribution in [0.4, 0.5) is 11.4 Å². The number of benzene rings is 2. The van der Waals surface area contributed by atoms with E-state index in [2.05, 4.69) is 10.3 Å². The van der Waals surface area contributed by atoms with Gasteiger partial charge in [-0.1, -0.05) is 42.0 Å². The fourth-order valence-corrected chi connectivity index (χ4v) is 3.20. The van der Waals surface area contributed by atoms with E-state index in [0.29, 0.717) is 12.2 Å². The Morgan fingerprint density at radius 2 is 1.67 bits per heavy atom. The average Bonchev–Trinajstić information content (AvgIpc) is 3.13. The fraction of sp³-hybridized carbons (Fsp3) is 0.136. The van der Waals surface area contributed by atoms with Crippen LogP contribution in [0.25, 0.3) is 0 Å². The first kappa shape index (κ1) is 17.0. The van der Waals surface area contributed by atoms with Gasteiger partial charge in [0.05, 0.1) is 0 Å². The van der Waals surface area contributed by atoms with Crippen molar-refractivity contribution in [2.75, 3.05) is 16.8 Å². The molecule has 1 N–H and O–H groups in total. The molecule has 0 bridgehead atoms. The van der Waals surface area contributed by atoms with Crippen LogP contribution in [0, 0.1) is 6.92 Å². The molecule has 1 aliphatic heterocycles. The predicted octanol–water partition coefficient (Wildman–Crippen LogP) is 3.85. The first-order valence-electron chi connectivity index (χ1n) is 8.87. The molecule has 4 rings (SSSR count). The number of hydrogen-bond acceptors (Lipinski definition) is 3. The second kappa shape index (κ2) is 7.03. The van der Waals surface area contributed by atoms with Crippen molar-refractivity contribution in [2.24, 2.45) is 0 Å². The zero-order valence-electron chi connectivity index (χ0n) is 15.0. The number of rotatable bonds is 3. The molecule has 1 aliphatic rings. The van der Waals surface area contributed by atoms with Gasteiger partial charge in [-0.2, -0.15) is 0 Å². The van der Waals surface area contributed by atoms with Gasteiger partial charge in [-0.3, -0.25) is 9.59 Å². The number of amides is 2. The van der Waals surface area contributed by atoms with Gasteiger partial charge in [-0.25, -0.2) is 4.98 Å². The lowest BCUT2D eigenvalue weighted by Gasteiger charge is -2.17. The number of aryl methyl sites for hydroxylation is 1. The third kappa shape index (κ3) is 3.44. The summed E-state index contributed by atoms with van der Waals surface area (Å²) in [4.78, 5) is 31.4. The lowest BCUT2D eigenvalue weighted by Crippen LogP contribution is -2.30. The van der Waals surface area contributed by atoms with Crippen LogP contribution in [0.15, 0.2) is 66.7 Å². The maximum Gasteiger partial charge on any atom is 0.276 e. The highest BCUT2D eigenvalue weighted by molar-refractivity contribution is 6.08. The topological polar surface area (TPSA) is 62.3 Å². The first-order chi connectivity index (χ1) is 13.1. The number of para-hydroxylation sites is 1. The number of nitrogens with one attached hydrogen (secondary N) is 1. The van der Waals surface area contributed by atoms with E-state index in [9.17, 15) is 9.59 Å². The molecule has 5 nitrogen and oxygen atoms in total. The summed E-state index contributed by atoms with van der Waals surface area (Å²) in [5.74, 6) is -0.528. The minimum absolute atomic E-state index is 0.190. The zero-order chi connectivity index (χ0) is 18.8. The summed E-state index contributed by atoms with van der Waals surface area (Å²) in [7, 11) is 0. The van der Waals surface area contributed by atoms with E-state index in [1.165, 1.54) is 0 Å². The highest BCUT2D eigenvalue weighted by Crippen LogP contribution is 2.28. The molecule has 0 spiro atoms. The molecule has 0 unspecified atom stereocenters. The Labute approximate surface area is 157 Å². The van der Waals surface area contributed by atoms with Gasteiger partial charge < -0.3 is 10.2 Å². The maximum absolute atomic E-state index is 12.9. The van der Waals surface area contributed by atoms with Crippen molar-refractivity contribution in [1.29, 1.82) is 0 Å². The van der Waals surface area contributed by atoms with Crippen LogP contribution in [-0.2, 0) is 6.42 Å². The Balaban J connectivity index is 1.55. The first-order valence-corrected chi connectivity index (χ1v) is 8.87. The summed E-state index contributed by atoms with van der Waals surface area (Å²) < 4.78 is 0. The lowest BCUT2D eigenvalue weighted by atomic mass is 10.2. The third-order valence-corrected chi connectivity index (χ3v) is 4.64. The third-order valence-electron chi connectivity index (χ3n) is 4.64. The standard InChI is InChI=1S/C22H19N3O2/c1-15-9-11-17(12-10-15)23-21(26)18-6-4-7-19(24-18)22(27)25-14-13-16-5-2-3-8-20(16)25/h2-12H,13-14H2,1H3,(H,23,26). The number of aromatic nitrogens is 1. The summed E-state index contributed by atoms with van der Waals surface area (Å²) in [6, 6.07) is 20.3. The van der Waals surface area contributed by atoms with E-state index in [-0.39, 0.29) is 23.2 Å². The van der Waals surface area contributed by atoms with Gasteiger partial charge in [0.1, 0.15) is 11.4 Å². The number of carbonyl (C=O) groups is 2. The molecule has 0 saturated heterocycles. The minimum atomic E-state index is -0.338. The Morgan fingerprint density at radius 1 is 0.926 bits per heavy atom. The monoisotopic (exact) mass is 357 g/mol. The molecule has 2 amide bonds. The molecule has 27 heavy (non-hydrogen) atoms. The van der Waals surface area contributed by atoms with Crippen molar-refractivity contribution in [1.82, 2.24) is 4.98 Å². The molecule has 2 aromatic carbocycles. The van der Waals surface area contributed by atoms with E-state index in [0.717, 1.165) is 23.2 Å². The predicted molar refractivity (Wildman–Crippen MR) is 105 cm³/mol. The van der Waals surface area contributed by atoms with Crippen LogP contribution in [0.2, 0.25) is 0 Å². The van der Waals surface area contributed by atoms with E-state index in [1.807, 2.05) is 55.5 Å². The van der Waals surface area contributed by atoms with Crippen LogP contribution >= 0.6 is 0 Å². The smallest absolute Gasteiger partial charge is 0.276 e. The highest BCUT2D eigenvalue weighted by atomic mass is 16.2. The SMILES string of the molecule is Cc1ccc(NC(=O)c2cccc(C(=O)N3CCc4ccccc43)n2)cc1. The molecule has 0 aliphatic carbocycles. The van der Waals surface area contributed by atoms with Crippen molar-refractivity contribution < 1.29 is 9.59 Å². The summed E-state index contributed by atoms with van der Waals surface area (Å²) in [5.41, 5.74) is 4.36. The molecular weight excluding hydrogens is 338 g/mol. The highest BCUT2D eigenvalue weighted by Gasteiger charge is 2.26. The van der Waals surface area contributed by atoms with Crippen LogP contribution in [0.3, 0.4) is 0 Å². The Morgan fingerprint density at radius 3 is 2.48 bits per heavy atom. The number of nitrogens with zero attached hydrogens (tertiary/aromatic N) is 2. The summed E-state index contributed by atoms with van der Waals surface area (Å²) in [6.07, 6.45) is 0.829. The van der Waals surface area contributed by atoms with Crippen molar-refractivity contribution in [3.8, 4) is 0 Å². The molecule has 0 fully saturated rings. The van der Waals surface area contributed by atoms with Crippen molar-refractivity contribution in [3.05, 3.63) is 89.2 Å². The summed E-state index contributed by atoms with van der Waals surface area (Å²) in [5, 5.41) is 2.81. The van der Waals surface area contributed by atoms with E-state index < -0.39 is 0 Å². The average molecular weight is 357 g/mol. The molecule has 0 radical (unpaired) electrons. The summed E-state index contributed by atoms with van der Waals surface area (Å²) >= 11 is 0. The largest absolute Gasteiger partial charge is 0.321 e. The molecule has 1 aromatic heterocycles. The molecule has 134 valence electrons. The van der Waals surface area contributed by atoms with Crippen molar-refractivity contribution in [2.45, 2.75) is 13.3 Å². The Hall–Kier alpha value is -3.47. The van der Waals surface area contributed by atoms with Gasteiger partial charge in [0, 0.05) is 17.9 Å². The second-order valence-corrected chi connectivity index (χ2v) is 6.56. The Kier molecular flexibility index (Phi) is 4.42. The van der Waals surface area contributed by atoms with E-state index >= 15 is 0 Å². The second-order valence-electron chi connectivity index (χ2n) is 6.56. The molecular formula is C22H19N3O2. The van der Waals surface area contributed by atoms with Gasteiger partial charge in [-0.05, 0) is 49.2 Å². The van der Waals surface area contributed by atoms with Crippen LogP contribution in [0.5, 0.6) is 0 Å². The Bertz CT molecular complexity index is 1010. The number of anilines is 2. The van der Waals surface area contributed by atoms with Crippen LogP contribution in [0.1, 0.15) is 32.1 Å². The maximum atomic E-state index is 12.9. The fourth-order valence-electron chi connectivity index (χ4n) is 3.20. The number of pyridine rings is 1. The van der Waals surface area contributed by atoms with Crippen molar-refractivity contribution in [3.63, 3.8) is 0 Å². The van der Waals surface area contributed by atoms with Crippen LogP contribution in [-0.4, -0.2) is 23.3 Å². The van der Waals surface area contributed by atoms with Gasteiger partial charge >= 0.3 is 0 Å². The quantitative estimate of drug-likeness (QED) is 0.774.